The van der Waals surface area contributed by atoms with Crippen molar-refractivity contribution in [1.82, 2.24) is 10.2 Å². The summed E-state index contributed by atoms with van der Waals surface area (Å²) in [6.45, 7) is 7.97. The van der Waals surface area contributed by atoms with Crippen LogP contribution in [0.4, 0.5) is 5.69 Å². The highest BCUT2D eigenvalue weighted by molar-refractivity contribution is 7.92. The van der Waals surface area contributed by atoms with Crippen LogP contribution in [0.2, 0.25) is 0 Å². The smallest absolute Gasteiger partial charge is 0.264 e. The van der Waals surface area contributed by atoms with Gasteiger partial charge in [0.15, 0.2) is 0 Å². The van der Waals surface area contributed by atoms with Crippen LogP contribution in [0, 0.1) is 12.8 Å². The molecule has 1 N–H and O–H groups in total. The number of carbonyl (C=O) groups excluding carboxylic acids is 2. The Morgan fingerprint density at radius 1 is 0.950 bits per heavy atom. The number of hydrogen-bond acceptors (Lipinski definition) is 5. The molecule has 0 aromatic heterocycles. The second kappa shape index (κ2) is 14.0. The lowest BCUT2D eigenvalue weighted by molar-refractivity contribution is -0.140. The number of anilines is 1. The number of amides is 2. The summed E-state index contributed by atoms with van der Waals surface area (Å²) >= 11 is 0. The molecule has 0 heterocycles. The first-order valence-corrected chi connectivity index (χ1v) is 14.8. The molecule has 214 valence electrons. The highest BCUT2D eigenvalue weighted by Crippen LogP contribution is 2.26. The predicted molar refractivity (Wildman–Crippen MR) is 158 cm³/mol. The fourth-order valence-electron chi connectivity index (χ4n) is 4.35. The standard InChI is InChI=1S/C31H39N3O5S/c1-6-29(31(36)32-20-23(2)3)33(21-25-12-10-11-24(4)19-25)30(35)22-34(26-13-8-7-9-14-26)40(37,38)28-17-15-27(39-5)16-18-28/h7-19,23,29H,6,20-22H2,1-5H3,(H,32,36). The zero-order chi connectivity index (χ0) is 29.3. The molecule has 0 saturated heterocycles. The molecule has 9 heteroatoms. The number of ether oxygens (including phenoxy) is 1. The van der Waals surface area contributed by atoms with Gasteiger partial charge in [-0.2, -0.15) is 0 Å². The maximum Gasteiger partial charge on any atom is 0.264 e. The normalized spacial score (nSPS) is 12.1. The molecule has 40 heavy (non-hydrogen) atoms. The number of nitrogens with zero attached hydrogens (tertiary/aromatic N) is 2. The number of para-hydroxylation sites is 1. The average molecular weight is 566 g/mol. The van der Waals surface area contributed by atoms with Crippen LogP contribution in [0.25, 0.3) is 0 Å². The first-order valence-electron chi connectivity index (χ1n) is 13.4. The summed E-state index contributed by atoms with van der Waals surface area (Å²) in [5, 5.41) is 2.94. The Hall–Kier alpha value is -3.85. The van der Waals surface area contributed by atoms with Crippen LogP contribution >= 0.6 is 0 Å². The Bertz CT molecular complexity index is 1380. The van der Waals surface area contributed by atoms with E-state index >= 15 is 0 Å². The van der Waals surface area contributed by atoms with Gasteiger partial charge >= 0.3 is 0 Å². The van der Waals surface area contributed by atoms with Crippen molar-refractivity contribution in [3.63, 3.8) is 0 Å². The molecule has 0 radical (unpaired) electrons. The molecule has 3 rings (SSSR count). The van der Waals surface area contributed by atoms with E-state index in [0.717, 1.165) is 15.4 Å². The first-order chi connectivity index (χ1) is 19.1. The molecule has 0 spiro atoms. The fraction of sp³-hybridized carbons (Fsp3) is 0.355. The Balaban J connectivity index is 2.02. The van der Waals surface area contributed by atoms with E-state index in [2.05, 4.69) is 5.32 Å². The molecule has 1 atom stereocenters. The van der Waals surface area contributed by atoms with Crippen molar-refractivity contribution in [3.05, 3.63) is 90.0 Å². The lowest BCUT2D eigenvalue weighted by atomic mass is 10.1. The lowest BCUT2D eigenvalue weighted by Gasteiger charge is -2.33. The van der Waals surface area contributed by atoms with E-state index in [0.29, 0.717) is 24.4 Å². The average Bonchev–Trinajstić information content (AvgIpc) is 2.95. The van der Waals surface area contributed by atoms with Gasteiger partial charge in [-0.25, -0.2) is 8.42 Å². The van der Waals surface area contributed by atoms with Gasteiger partial charge in [0, 0.05) is 13.1 Å². The van der Waals surface area contributed by atoms with Crippen molar-refractivity contribution < 1.29 is 22.7 Å². The summed E-state index contributed by atoms with van der Waals surface area (Å²) in [6, 6.07) is 21.5. The molecule has 2 amide bonds. The van der Waals surface area contributed by atoms with E-state index < -0.39 is 28.5 Å². The van der Waals surface area contributed by atoms with Gasteiger partial charge < -0.3 is 15.0 Å². The third kappa shape index (κ3) is 7.85. The molecule has 1 unspecified atom stereocenters. The summed E-state index contributed by atoms with van der Waals surface area (Å²) < 4.78 is 34.0. The Morgan fingerprint density at radius 2 is 1.62 bits per heavy atom. The SMILES string of the molecule is CCC(C(=O)NCC(C)C)N(Cc1cccc(C)c1)C(=O)CN(c1ccccc1)S(=O)(=O)c1ccc(OC)cc1. The van der Waals surface area contributed by atoms with Crippen LogP contribution in [-0.4, -0.2) is 51.4 Å². The Kier molecular flexibility index (Phi) is 10.7. The molecule has 0 bridgehead atoms. The number of benzene rings is 3. The van der Waals surface area contributed by atoms with Gasteiger partial charge in [0.05, 0.1) is 17.7 Å². The number of hydrogen-bond donors (Lipinski definition) is 1. The molecule has 0 saturated carbocycles. The monoisotopic (exact) mass is 565 g/mol. The van der Waals surface area contributed by atoms with Gasteiger partial charge in [-0.1, -0.05) is 68.8 Å². The van der Waals surface area contributed by atoms with E-state index in [4.69, 9.17) is 4.74 Å². The quantitative estimate of drug-likeness (QED) is 0.322. The molecule has 0 aliphatic rings. The van der Waals surface area contributed by atoms with Crippen LogP contribution in [-0.2, 0) is 26.2 Å². The van der Waals surface area contributed by atoms with Gasteiger partial charge in [-0.15, -0.1) is 0 Å². The largest absolute Gasteiger partial charge is 0.497 e. The summed E-state index contributed by atoms with van der Waals surface area (Å²) in [5.41, 5.74) is 2.22. The van der Waals surface area contributed by atoms with Crippen molar-refractivity contribution in [2.24, 2.45) is 5.92 Å². The van der Waals surface area contributed by atoms with E-state index in [1.54, 1.807) is 42.5 Å². The molecule has 0 fully saturated rings. The second-order valence-electron chi connectivity index (χ2n) is 10.1. The van der Waals surface area contributed by atoms with Gasteiger partial charge in [-0.05, 0) is 61.2 Å². The minimum atomic E-state index is -4.13. The topological polar surface area (TPSA) is 96.0 Å². The van der Waals surface area contributed by atoms with Crippen molar-refractivity contribution >= 4 is 27.5 Å². The number of rotatable bonds is 13. The van der Waals surface area contributed by atoms with Crippen molar-refractivity contribution in [2.45, 2.75) is 51.6 Å². The molecular formula is C31H39N3O5S. The maximum absolute atomic E-state index is 14.1. The Morgan fingerprint density at radius 3 is 2.20 bits per heavy atom. The van der Waals surface area contributed by atoms with E-state index in [9.17, 15) is 18.0 Å². The summed E-state index contributed by atoms with van der Waals surface area (Å²) in [7, 11) is -2.63. The fourth-order valence-corrected chi connectivity index (χ4v) is 5.76. The van der Waals surface area contributed by atoms with E-state index in [1.807, 2.05) is 52.0 Å². The molecule has 8 nitrogen and oxygen atoms in total. The molecule has 3 aromatic carbocycles. The molecule has 3 aromatic rings. The number of sulfonamides is 1. The number of carbonyl (C=O) groups is 2. The van der Waals surface area contributed by atoms with Gasteiger partial charge in [-0.3, -0.25) is 13.9 Å². The van der Waals surface area contributed by atoms with Crippen LogP contribution in [0.1, 0.15) is 38.3 Å². The minimum absolute atomic E-state index is 0.0249. The van der Waals surface area contributed by atoms with Crippen molar-refractivity contribution in [3.8, 4) is 5.75 Å². The second-order valence-corrected chi connectivity index (χ2v) is 12.0. The van der Waals surface area contributed by atoms with Crippen molar-refractivity contribution in [2.75, 3.05) is 24.5 Å². The number of nitrogens with one attached hydrogen (secondary N) is 1. The molecule has 0 aliphatic heterocycles. The zero-order valence-electron chi connectivity index (χ0n) is 23.8. The third-order valence-corrected chi connectivity index (χ3v) is 8.26. The van der Waals surface area contributed by atoms with Crippen molar-refractivity contribution in [1.29, 1.82) is 0 Å². The molecular weight excluding hydrogens is 526 g/mol. The predicted octanol–water partition coefficient (Wildman–Crippen LogP) is 4.78. The summed E-state index contributed by atoms with van der Waals surface area (Å²) in [4.78, 5) is 28.8. The summed E-state index contributed by atoms with van der Waals surface area (Å²) in [6.07, 6.45) is 0.373. The third-order valence-electron chi connectivity index (χ3n) is 6.48. The van der Waals surface area contributed by atoms with Crippen LogP contribution < -0.4 is 14.4 Å². The number of aryl methyl sites for hydroxylation is 1. The first kappa shape index (κ1) is 30.7. The lowest BCUT2D eigenvalue weighted by Crippen LogP contribution is -2.52. The maximum atomic E-state index is 14.1. The van der Waals surface area contributed by atoms with E-state index in [1.165, 1.54) is 24.1 Å². The van der Waals surface area contributed by atoms with Crippen LogP contribution in [0.5, 0.6) is 5.75 Å². The van der Waals surface area contributed by atoms with Gasteiger partial charge in [0.2, 0.25) is 11.8 Å². The van der Waals surface area contributed by atoms with Crippen LogP contribution in [0.3, 0.4) is 0 Å². The van der Waals surface area contributed by atoms with E-state index in [-0.39, 0.29) is 23.3 Å². The highest BCUT2D eigenvalue weighted by atomic mass is 32.2. The molecule has 0 aliphatic carbocycles. The Labute approximate surface area is 238 Å². The zero-order valence-corrected chi connectivity index (χ0v) is 24.6. The minimum Gasteiger partial charge on any atom is -0.497 e. The van der Waals surface area contributed by atoms with Gasteiger partial charge in [0.25, 0.3) is 10.0 Å². The number of methoxy groups -OCH3 is 1. The summed E-state index contributed by atoms with van der Waals surface area (Å²) in [5.74, 6) is 0.0184. The van der Waals surface area contributed by atoms with Gasteiger partial charge in [0.1, 0.15) is 18.3 Å². The highest BCUT2D eigenvalue weighted by Gasteiger charge is 2.33. The van der Waals surface area contributed by atoms with Crippen LogP contribution in [0.15, 0.2) is 83.8 Å².